The number of carbonyl (C=O) groups is 2. The second kappa shape index (κ2) is 11.3. The largest absolute Gasteiger partial charge is 0.481 e. The normalized spacial score (nSPS) is 19.4. The molecule has 1 unspecified atom stereocenters. The summed E-state index contributed by atoms with van der Waals surface area (Å²) < 4.78 is 6.00. The molecule has 0 saturated carbocycles. The number of amides is 2. The van der Waals surface area contributed by atoms with Crippen molar-refractivity contribution in [2.45, 2.75) is 90.1 Å². The summed E-state index contributed by atoms with van der Waals surface area (Å²) in [6, 6.07) is 8.41. The monoisotopic (exact) mass is 712 g/mol. The highest BCUT2D eigenvalue weighted by atomic mass is 16.5. The molecule has 6 aromatic rings. The summed E-state index contributed by atoms with van der Waals surface area (Å²) in [5.41, 5.74) is 12.7. The van der Waals surface area contributed by atoms with Crippen molar-refractivity contribution < 1.29 is 19.4 Å². The number of ether oxygens (including phenoxy) is 1. The van der Waals surface area contributed by atoms with E-state index in [1.165, 1.54) is 22.3 Å². The van der Waals surface area contributed by atoms with Crippen LogP contribution in [0.1, 0.15) is 80.0 Å². The number of carbonyl (C=O) groups excluding carboxylic acids is 2. The first-order valence-corrected chi connectivity index (χ1v) is 18.9. The SMILES string of the molecule is Cc1[nH]nc2c1CCCc1c-2[nH]c2cc3c(cc12)N(CCCC1(C)C(=O)N(CC(C)(C)O)c2cc4c5c([nH]c4cc21)-c1[nH]ncc1CCC5)C(=O)CO3. The molecule has 2 aromatic carbocycles. The quantitative estimate of drug-likeness (QED) is 0.136. The summed E-state index contributed by atoms with van der Waals surface area (Å²) in [5, 5.41) is 28.5. The number of anilines is 2. The summed E-state index contributed by atoms with van der Waals surface area (Å²) in [4.78, 5) is 39.0. The maximum atomic E-state index is 14.5. The van der Waals surface area contributed by atoms with Crippen LogP contribution in [0.4, 0.5) is 11.4 Å². The van der Waals surface area contributed by atoms with Crippen LogP contribution in [-0.4, -0.2) is 72.6 Å². The Bertz CT molecular complexity index is 2510. The van der Waals surface area contributed by atoms with Gasteiger partial charge in [-0.3, -0.25) is 19.8 Å². The Kier molecular flexibility index (Phi) is 6.90. The highest BCUT2D eigenvalue weighted by Crippen LogP contribution is 2.49. The minimum absolute atomic E-state index is 0.0253. The van der Waals surface area contributed by atoms with Gasteiger partial charge in [-0.05, 0) is 120 Å². The lowest BCUT2D eigenvalue weighted by molar-refractivity contribution is -0.123. The number of hydrogen-bond acceptors (Lipinski definition) is 6. The van der Waals surface area contributed by atoms with Crippen molar-refractivity contribution >= 4 is 45.0 Å². The Labute approximate surface area is 306 Å². The van der Waals surface area contributed by atoms with Crippen LogP contribution in [0.2, 0.25) is 0 Å². The van der Waals surface area contributed by atoms with Crippen molar-refractivity contribution in [2.75, 3.05) is 29.5 Å². The van der Waals surface area contributed by atoms with Crippen LogP contribution >= 0.6 is 0 Å². The standard InChI is InChI=1S/C41H44N8O4/c1-21-23-9-6-11-25-27-15-32-33(17-30(27)44-37(25)38(23)47-45-21)53-19-34(50)48(32)13-7-12-41(4)28-16-29-26(14-31(28)49(39(41)51)20-40(2,3)52)24-10-5-8-22-18-42-46-35(22)36(24)43-29/h14-18,43-44,52H,5-13,19-20H2,1-4H3,(H,42,46)(H,45,47). The molecule has 6 heterocycles. The predicted octanol–water partition coefficient (Wildman–Crippen LogP) is 6.30. The molecular weight excluding hydrogens is 669 g/mol. The van der Waals surface area contributed by atoms with Crippen LogP contribution < -0.4 is 14.5 Å². The third-order valence-corrected chi connectivity index (χ3v) is 12.2. The summed E-state index contributed by atoms with van der Waals surface area (Å²) in [6.07, 6.45) is 8.84. The molecule has 2 aliphatic heterocycles. The van der Waals surface area contributed by atoms with Crippen molar-refractivity contribution in [2.24, 2.45) is 0 Å². The van der Waals surface area contributed by atoms with Gasteiger partial charge in [-0.15, -0.1) is 0 Å². The summed E-state index contributed by atoms with van der Waals surface area (Å²) in [7, 11) is 0. The molecule has 0 saturated heterocycles. The van der Waals surface area contributed by atoms with Gasteiger partial charge in [0.05, 0.1) is 52.0 Å². The van der Waals surface area contributed by atoms with E-state index >= 15 is 0 Å². The lowest BCUT2D eigenvalue weighted by Crippen LogP contribution is -2.45. The number of aromatic nitrogens is 6. The van der Waals surface area contributed by atoms with Crippen LogP contribution in [0.3, 0.4) is 0 Å². The molecule has 0 fully saturated rings. The molecular formula is C41H44N8O4. The fourth-order valence-corrected chi connectivity index (χ4v) is 9.55. The third-order valence-electron chi connectivity index (χ3n) is 12.2. The second-order valence-corrected chi connectivity index (χ2v) is 16.4. The number of β-amino-alcohol motifs (C(OH)–C–C–N with tert-alkyl or cyclic N) is 1. The Hall–Kier alpha value is -5.36. The third kappa shape index (κ3) is 4.84. The fraction of sp³-hybridized carbons (Fsp3) is 0.415. The Morgan fingerprint density at radius 3 is 2.42 bits per heavy atom. The van der Waals surface area contributed by atoms with E-state index in [0.29, 0.717) is 25.1 Å². The number of aromatic amines is 4. The maximum absolute atomic E-state index is 14.5. The van der Waals surface area contributed by atoms with E-state index in [1.54, 1.807) is 18.7 Å². The van der Waals surface area contributed by atoms with Crippen LogP contribution in [0, 0.1) is 6.92 Å². The molecule has 2 amide bonds. The topological polar surface area (TPSA) is 159 Å². The van der Waals surface area contributed by atoms with Crippen LogP contribution in [0.5, 0.6) is 5.75 Å². The minimum Gasteiger partial charge on any atom is -0.481 e. The van der Waals surface area contributed by atoms with Gasteiger partial charge in [0.1, 0.15) is 11.4 Å². The fourth-order valence-electron chi connectivity index (χ4n) is 9.55. The molecule has 4 aromatic heterocycles. The molecule has 4 aliphatic rings. The smallest absolute Gasteiger partial charge is 0.265 e. The molecule has 0 spiro atoms. The molecule has 12 nitrogen and oxygen atoms in total. The van der Waals surface area contributed by atoms with Gasteiger partial charge in [-0.1, -0.05) is 0 Å². The van der Waals surface area contributed by atoms with Crippen molar-refractivity contribution in [1.29, 1.82) is 0 Å². The van der Waals surface area contributed by atoms with Gasteiger partial charge in [0.25, 0.3) is 5.91 Å². The average Bonchev–Trinajstić information content (AvgIpc) is 3.89. The van der Waals surface area contributed by atoms with E-state index in [4.69, 9.17) is 4.74 Å². The molecule has 1 atom stereocenters. The van der Waals surface area contributed by atoms with Crippen LogP contribution in [0.25, 0.3) is 44.6 Å². The molecule has 10 rings (SSSR count). The van der Waals surface area contributed by atoms with Gasteiger partial charge in [-0.2, -0.15) is 10.2 Å². The number of nitrogens with zero attached hydrogens (tertiary/aromatic N) is 4. The average molecular weight is 713 g/mol. The van der Waals surface area contributed by atoms with Crippen LogP contribution in [0.15, 0.2) is 30.5 Å². The van der Waals surface area contributed by atoms with Gasteiger partial charge in [-0.25, -0.2) is 0 Å². The van der Waals surface area contributed by atoms with Crippen molar-refractivity contribution in [3.8, 4) is 28.5 Å². The Morgan fingerprint density at radius 1 is 0.887 bits per heavy atom. The molecule has 272 valence electrons. The first kappa shape index (κ1) is 32.3. The zero-order valence-electron chi connectivity index (χ0n) is 30.6. The summed E-state index contributed by atoms with van der Waals surface area (Å²) >= 11 is 0. The van der Waals surface area contributed by atoms with Gasteiger partial charge in [0.2, 0.25) is 5.91 Å². The molecule has 0 radical (unpaired) electrons. The number of fused-ring (bicyclic) bond motifs is 12. The van der Waals surface area contributed by atoms with E-state index < -0.39 is 11.0 Å². The number of H-pyrrole nitrogens is 4. The lowest BCUT2D eigenvalue weighted by Gasteiger charge is -2.31. The van der Waals surface area contributed by atoms with Gasteiger partial charge in [0, 0.05) is 45.8 Å². The number of benzene rings is 2. The van der Waals surface area contributed by atoms with Crippen molar-refractivity contribution in [3.05, 3.63) is 64.0 Å². The zero-order chi connectivity index (χ0) is 36.4. The minimum atomic E-state index is -1.09. The van der Waals surface area contributed by atoms with E-state index in [9.17, 15) is 14.7 Å². The summed E-state index contributed by atoms with van der Waals surface area (Å²) in [6.45, 7) is 8.17. The van der Waals surface area contributed by atoms with Gasteiger partial charge < -0.3 is 29.6 Å². The second-order valence-electron chi connectivity index (χ2n) is 16.4. The highest BCUT2D eigenvalue weighted by molar-refractivity contribution is 6.11. The number of nitrogens with one attached hydrogen (secondary N) is 4. The molecule has 5 N–H and O–H groups in total. The van der Waals surface area contributed by atoms with Crippen molar-refractivity contribution in [1.82, 2.24) is 30.4 Å². The van der Waals surface area contributed by atoms with E-state index in [-0.39, 0.29) is 25.0 Å². The number of rotatable bonds is 6. The Balaban J connectivity index is 0.989. The van der Waals surface area contributed by atoms with Gasteiger partial charge in [0.15, 0.2) is 6.61 Å². The number of aryl methyl sites for hydroxylation is 4. The number of hydrogen-bond donors (Lipinski definition) is 5. The first-order valence-electron chi connectivity index (χ1n) is 18.9. The van der Waals surface area contributed by atoms with E-state index in [0.717, 1.165) is 106 Å². The molecule has 2 aliphatic carbocycles. The highest BCUT2D eigenvalue weighted by Gasteiger charge is 2.48. The molecule has 12 heteroatoms. The zero-order valence-corrected chi connectivity index (χ0v) is 30.6. The first-order chi connectivity index (χ1) is 25.5. The summed E-state index contributed by atoms with van der Waals surface area (Å²) in [5.74, 6) is 0.553. The van der Waals surface area contributed by atoms with Crippen molar-refractivity contribution in [3.63, 3.8) is 0 Å². The van der Waals surface area contributed by atoms with E-state index in [2.05, 4.69) is 55.5 Å². The van der Waals surface area contributed by atoms with Gasteiger partial charge >= 0.3 is 0 Å². The number of aliphatic hydroxyl groups is 1. The van der Waals surface area contributed by atoms with E-state index in [1.807, 2.05) is 24.1 Å². The lowest BCUT2D eigenvalue weighted by atomic mass is 9.79. The predicted molar refractivity (Wildman–Crippen MR) is 204 cm³/mol. The van der Waals surface area contributed by atoms with Crippen LogP contribution in [-0.2, 0) is 40.7 Å². The maximum Gasteiger partial charge on any atom is 0.265 e. The molecule has 0 bridgehead atoms. The Morgan fingerprint density at radius 2 is 1.60 bits per heavy atom. The molecule has 53 heavy (non-hydrogen) atoms.